The van der Waals surface area contributed by atoms with Gasteiger partial charge in [-0.1, -0.05) is 91.7 Å². The van der Waals surface area contributed by atoms with E-state index in [1.54, 1.807) is 31.2 Å². The number of hydrogen-bond acceptors (Lipinski definition) is 3. The van der Waals surface area contributed by atoms with Gasteiger partial charge in [-0.15, -0.1) is 0 Å². The van der Waals surface area contributed by atoms with Gasteiger partial charge in [-0.2, -0.15) is 0 Å². The van der Waals surface area contributed by atoms with E-state index in [-0.39, 0.29) is 46.8 Å². The third kappa shape index (κ3) is 6.39. The van der Waals surface area contributed by atoms with Gasteiger partial charge in [-0.05, 0) is 68.1 Å². The Kier molecular flexibility index (Phi) is 10.6. The summed E-state index contributed by atoms with van der Waals surface area (Å²) in [7, 11) is -1.84. The molecule has 0 amide bonds. The molecule has 5 aromatic rings. The number of ketones is 2. The molecule has 0 saturated heterocycles. The van der Waals surface area contributed by atoms with Gasteiger partial charge in [0, 0.05) is 23.7 Å². The lowest BCUT2D eigenvalue weighted by Gasteiger charge is -2.27. The fraction of sp³-hybridized carbons (Fsp3) is 0.205. The third-order valence-electron chi connectivity index (χ3n) is 8.83. The SMILES string of the molecule is Cc1cc(=O)n(CCCCCCC[P+](c2ccccc2)(c2ccccc2)c2ccccc2)c2c1C(=O)c1ccccc1C2=O.[I-]. The summed E-state index contributed by atoms with van der Waals surface area (Å²) in [5.74, 6) is -0.414. The number of fused-ring (bicyclic) bond motifs is 2. The minimum atomic E-state index is -1.84. The zero-order valence-electron chi connectivity index (χ0n) is 25.5. The Bertz CT molecular complexity index is 1760. The van der Waals surface area contributed by atoms with Crippen LogP contribution in [0.25, 0.3) is 0 Å². The number of hydrogen-bond donors (Lipinski definition) is 0. The van der Waals surface area contributed by atoms with Crippen molar-refractivity contribution < 1.29 is 33.6 Å². The number of rotatable bonds is 11. The van der Waals surface area contributed by atoms with Crippen LogP contribution in [-0.2, 0) is 6.54 Å². The standard InChI is InChI=1S/C39H37NO3P.HI/c1-29-28-35(41)40(37-36(29)38(42)33-24-14-15-25-34(33)39(37)43)26-16-3-2-4-17-27-44(30-18-8-5-9-19-30,31-20-10-6-11-21-31)32-22-12-7-13-23-32;/h5-15,18-25,28H,2-4,16-17,26-27H2,1H3;1H/q+1;/p-1. The molecule has 0 bridgehead atoms. The quantitative estimate of drug-likeness (QED) is 0.116. The summed E-state index contributed by atoms with van der Waals surface area (Å²) in [5.41, 5.74) is 1.77. The highest BCUT2D eigenvalue weighted by molar-refractivity contribution is 7.95. The number of pyridine rings is 1. The molecule has 1 heterocycles. The van der Waals surface area contributed by atoms with Gasteiger partial charge in [0.15, 0.2) is 5.78 Å². The van der Waals surface area contributed by atoms with Crippen LogP contribution in [0.15, 0.2) is 126 Å². The summed E-state index contributed by atoms with van der Waals surface area (Å²) in [6, 6.07) is 41.3. The van der Waals surface area contributed by atoms with Crippen molar-refractivity contribution in [2.75, 3.05) is 6.16 Å². The van der Waals surface area contributed by atoms with Crippen LogP contribution in [0.3, 0.4) is 0 Å². The van der Waals surface area contributed by atoms with Gasteiger partial charge in [0.25, 0.3) is 5.56 Å². The zero-order chi connectivity index (χ0) is 30.5. The summed E-state index contributed by atoms with van der Waals surface area (Å²) >= 11 is 0. The van der Waals surface area contributed by atoms with Crippen LogP contribution in [0.5, 0.6) is 0 Å². The van der Waals surface area contributed by atoms with Crippen molar-refractivity contribution in [2.24, 2.45) is 0 Å². The van der Waals surface area contributed by atoms with E-state index in [0.29, 0.717) is 28.8 Å². The van der Waals surface area contributed by atoms with E-state index in [1.165, 1.54) is 26.5 Å². The third-order valence-corrected chi connectivity index (χ3v) is 13.4. The van der Waals surface area contributed by atoms with Gasteiger partial charge >= 0.3 is 0 Å². The van der Waals surface area contributed by atoms with E-state index < -0.39 is 7.26 Å². The molecule has 4 nitrogen and oxygen atoms in total. The lowest BCUT2D eigenvalue weighted by Crippen LogP contribution is -3.00. The Morgan fingerprint density at radius 3 is 1.53 bits per heavy atom. The number of benzene rings is 4. The summed E-state index contributed by atoms with van der Waals surface area (Å²) in [6.07, 6.45) is 6.02. The fourth-order valence-electron chi connectivity index (χ4n) is 6.68. The van der Waals surface area contributed by atoms with Gasteiger partial charge in [0.2, 0.25) is 5.78 Å². The molecule has 0 N–H and O–H groups in total. The molecule has 228 valence electrons. The maximum absolute atomic E-state index is 13.5. The zero-order valence-corrected chi connectivity index (χ0v) is 28.5. The average Bonchev–Trinajstić information content (AvgIpc) is 3.07. The minimum Gasteiger partial charge on any atom is -1.00 e. The molecule has 0 aliphatic heterocycles. The first-order chi connectivity index (χ1) is 21.5. The maximum atomic E-state index is 13.5. The highest BCUT2D eigenvalue weighted by atomic mass is 127. The molecule has 6 rings (SSSR count). The molecule has 0 radical (unpaired) electrons. The number of nitrogens with zero attached hydrogens (tertiary/aromatic N) is 1. The van der Waals surface area contributed by atoms with Crippen molar-refractivity contribution in [3.05, 3.63) is 160 Å². The molecule has 0 fully saturated rings. The van der Waals surface area contributed by atoms with Crippen molar-refractivity contribution in [1.82, 2.24) is 4.57 Å². The number of aryl methyl sites for hydroxylation is 1. The lowest BCUT2D eigenvalue weighted by atomic mass is 9.84. The second-order valence-corrected chi connectivity index (χ2v) is 15.2. The fourth-order valence-corrected chi connectivity index (χ4v) is 11.1. The Balaban J connectivity index is 0.00000400. The van der Waals surface area contributed by atoms with E-state index in [9.17, 15) is 14.4 Å². The normalized spacial score (nSPS) is 12.3. The molecule has 0 saturated carbocycles. The van der Waals surface area contributed by atoms with Crippen LogP contribution < -0.4 is 45.4 Å². The van der Waals surface area contributed by atoms with Crippen molar-refractivity contribution in [3.8, 4) is 0 Å². The molecule has 0 atom stereocenters. The molecule has 1 aliphatic carbocycles. The highest BCUT2D eigenvalue weighted by Gasteiger charge is 2.44. The Labute approximate surface area is 282 Å². The van der Waals surface area contributed by atoms with Crippen LogP contribution in [0, 0.1) is 6.92 Å². The van der Waals surface area contributed by atoms with Crippen molar-refractivity contribution in [2.45, 2.75) is 45.6 Å². The van der Waals surface area contributed by atoms with Gasteiger partial charge < -0.3 is 28.5 Å². The number of carbonyl (C=O) groups excluding carboxylic acids is 2. The molecule has 45 heavy (non-hydrogen) atoms. The highest BCUT2D eigenvalue weighted by Crippen LogP contribution is 2.56. The topological polar surface area (TPSA) is 56.1 Å². The first-order valence-corrected chi connectivity index (χ1v) is 17.5. The van der Waals surface area contributed by atoms with E-state index >= 15 is 0 Å². The molecular weight excluding hydrogens is 688 g/mol. The largest absolute Gasteiger partial charge is 1.00 e. The van der Waals surface area contributed by atoms with E-state index in [0.717, 1.165) is 38.3 Å². The first kappa shape index (κ1) is 32.7. The molecule has 1 aliphatic rings. The number of carbonyl (C=O) groups is 2. The summed E-state index contributed by atoms with van der Waals surface area (Å²) in [4.78, 5) is 39.9. The van der Waals surface area contributed by atoms with E-state index in [1.807, 2.05) is 0 Å². The van der Waals surface area contributed by atoms with Crippen LogP contribution in [0.2, 0.25) is 0 Å². The van der Waals surface area contributed by atoms with Crippen LogP contribution in [0.1, 0.15) is 69.6 Å². The van der Waals surface area contributed by atoms with E-state index in [2.05, 4.69) is 91.0 Å². The van der Waals surface area contributed by atoms with Gasteiger partial charge in [-0.3, -0.25) is 14.4 Å². The van der Waals surface area contributed by atoms with Gasteiger partial charge in [0.1, 0.15) is 28.9 Å². The predicted molar refractivity (Wildman–Crippen MR) is 182 cm³/mol. The van der Waals surface area contributed by atoms with Crippen LogP contribution >= 0.6 is 7.26 Å². The predicted octanol–water partition coefficient (Wildman–Crippen LogP) is 3.88. The Morgan fingerprint density at radius 2 is 1.00 bits per heavy atom. The molecule has 1 aromatic heterocycles. The van der Waals surface area contributed by atoms with Crippen molar-refractivity contribution >= 4 is 34.7 Å². The van der Waals surface area contributed by atoms with Crippen molar-refractivity contribution in [1.29, 1.82) is 0 Å². The Morgan fingerprint density at radius 1 is 0.556 bits per heavy atom. The molecule has 0 unspecified atom stereocenters. The molecule has 6 heteroatoms. The molecular formula is C39H37INO3P. The molecule has 4 aromatic carbocycles. The summed E-state index contributed by atoms with van der Waals surface area (Å²) in [6.45, 7) is 2.17. The minimum absolute atomic E-state index is 0. The second kappa shape index (κ2) is 14.6. The monoisotopic (exact) mass is 725 g/mol. The number of unbranched alkanes of at least 4 members (excludes halogenated alkanes) is 4. The van der Waals surface area contributed by atoms with E-state index in [4.69, 9.17) is 0 Å². The van der Waals surface area contributed by atoms with Crippen LogP contribution in [-0.4, -0.2) is 22.3 Å². The number of aromatic nitrogens is 1. The second-order valence-electron chi connectivity index (χ2n) is 11.6. The van der Waals surface area contributed by atoms with Crippen LogP contribution in [0.4, 0.5) is 0 Å². The molecule has 0 spiro atoms. The summed E-state index contributed by atoms with van der Waals surface area (Å²) < 4.78 is 1.54. The summed E-state index contributed by atoms with van der Waals surface area (Å²) in [5, 5.41) is 4.21. The maximum Gasteiger partial charge on any atom is 0.251 e. The smallest absolute Gasteiger partial charge is 0.251 e. The first-order valence-electron chi connectivity index (χ1n) is 15.5. The average molecular weight is 726 g/mol. The Hall–Kier alpha value is -3.67. The van der Waals surface area contributed by atoms with Crippen molar-refractivity contribution in [3.63, 3.8) is 0 Å². The lowest BCUT2D eigenvalue weighted by molar-refractivity contribution is -0.0000226. The number of halogens is 1. The van der Waals surface area contributed by atoms with Gasteiger partial charge in [0.05, 0.1) is 11.7 Å². The van der Waals surface area contributed by atoms with Gasteiger partial charge in [-0.25, -0.2) is 0 Å².